The Balaban J connectivity index is 1.99. The highest BCUT2D eigenvalue weighted by Gasteiger charge is 2.14. The van der Waals surface area contributed by atoms with Gasteiger partial charge in [-0.05, 0) is 32.0 Å². The lowest BCUT2D eigenvalue weighted by molar-refractivity contribution is -0.133. The van der Waals surface area contributed by atoms with Gasteiger partial charge in [-0.3, -0.25) is 9.79 Å². The molecule has 2 rings (SSSR count). The number of likely N-dealkylation sites (N-methyl/N-ethyl adjacent to an activating group) is 1. The van der Waals surface area contributed by atoms with Crippen LogP contribution in [0.3, 0.4) is 0 Å². The number of ether oxygens (including phenoxy) is 1. The third-order valence-corrected chi connectivity index (χ3v) is 3.35. The predicted molar refractivity (Wildman–Crippen MR) is 79.2 cm³/mol. The molecule has 0 saturated heterocycles. The van der Waals surface area contributed by atoms with Gasteiger partial charge in [0.05, 0.1) is 6.54 Å². The van der Waals surface area contributed by atoms with E-state index in [9.17, 15) is 9.18 Å². The summed E-state index contributed by atoms with van der Waals surface area (Å²) in [6.45, 7) is 6.34. The SMILES string of the molecule is CCN(CC)C(=O)COc1ccc(C2=NCCN2)cc1F. The number of amides is 1. The van der Waals surface area contributed by atoms with Crippen LogP contribution in [0.1, 0.15) is 19.4 Å². The minimum atomic E-state index is -0.490. The maximum absolute atomic E-state index is 14.0. The van der Waals surface area contributed by atoms with Gasteiger partial charge in [-0.15, -0.1) is 0 Å². The Morgan fingerprint density at radius 2 is 2.19 bits per heavy atom. The quantitative estimate of drug-likeness (QED) is 0.863. The molecular formula is C15H20FN3O2. The third-order valence-electron chi connectivity index (χ3n) is 3.35. The van der Waals surface area contributed by atoms with Gasteiger partial charge in [-0.2, -0.15) is 0 Å². The molecule has 0 spiro atoms. The van der Waals surface area contributed by atoms with Crippen molar-refractivity contribution in [1.29, 1.82) is 0 Å². The molecular weight excluding hydrogens is 273 g/mol. The smallest absolute Gasteiger partial charge is 0.260 e. The highest BCUT2D eigenvalue weighted by atomic mass is 19.1. The molecule has 0 atom stereocenters. The van der Waals surface area contributed by atoms with Gasteiger partial charge in [-0.25, -0.2) is 4.39 Å². The average Bonchev–Trinajstić information content (AvgIpc) is 3.01. The van der Waals surface area contributed by atoms with Crippen LogP contribution < -0.4 is 10.1 Å². The van der Waals surface area contributed by atoms with E-state index in [1.165, 1.54) is 12.1 Å². The molecule has 0 radical (unpaired) electrons. The lowest BCUT2D eigenvalue weighted by Crippen LogP contribution is -2.34. The van der Waals surface area contributed by atoms with Crippen molar-refractivity contribution in [2.75, 3.05) is 32.8 Å². The Bertz CT molecular complexity index is 542. The number of carbonyl (C=O) groups excluding carboxylic acids is 1. The van der Waals surface area contributed by atoms with E-state index < -0.39 is 5.82 Å². The zero-order valence-electron chi connectivity index (χ0n) is 12.4. The summed E-state index contributed by atoms with van der Waals surface area (Å²) < 4.78 is 19.3. The second-order valence-electron chi connectivity index (χ2n) is 4.66. The van der Waals surface area contributed by atoms with Crippen molar-refractivity contribution in [3.05, 3.63) is 29.6 Å². The summed E-state index contributed by atoms with van der Waals surface area (Å²) in [5.74, 6) is 0.138. The van der Waals surface area contributed by atoms with Crippen LogP contribution in [0, 0.1) is 5.82 Å². The first-order chi connectivity index (χ1) is 10.2. The summed E-state index contributed by atoms with van der Waals surface area (Å²) in [5, 5.41) is 3.08. The molecule has 6 heteroatoms. The number of carbonyl (C=O) groups is 1. The monoisotopic (exact) mass is 293 g/mol. The lowest BCUT2D eigenvalue weighted by atomic mass is 10.2. The van der Waals surface area contributed by atoms with Crippen LogP contribution in [0.2, 0.25) is 0 Å². The highest BCUT2D eigenvalue weighted by Crippen LogP contribution is 2.19. The molecule has 0 unspecified atom stereocenters. The van der Waals surface area contributed by atoms with Crippen molar-refractivity contribution in [1.82, 2.24) is 10.2 Å². The van der Waals surface area contributed by atoms with Gasteiger partial charge >= 0.3 is 0 Å². The summed E-state index contributed by atoms with van der Waals surface area (Å²) in [6.07, 6.45) is 0. The Morgan fingerprint density at radius 3 is 2.76 bits per heavy atom. The maximum Gasteiger partial charge on any atom is 0.260 e. The maximum atomic E-state index is 14.0. The zero-order chi connectivity index (χ0) is 15.2. The minimum Gasteiger partial charge on any atom is -0.481 e. The summed E-state index contributed by atoms with van der Waals surface area (Å²) in [4.78, 5) is 17.7. The predicted octanol–water partition coefficient (Wildman–Crippen LogP) is 1.42. The second-order valence-corrected chi connectivity index (χ2v) is 4.66. The molecule has 1 aromatic rings. The van der Waals surface area contributed by atoms with Crippen LogP contribution in [0.15, 0.2) is 23.2 Å². The van der Waals surface area contributed by atoms with Crippen molar-refractivity contribution in [3.63, 3.8) is 0 Å². The number of nitrogens with zero attached hydrogens (tertiary/aromatic N) is 2. The first kappa shape index (κ1) is 15.3. The topological polar surface area (TPSA) is 53.9 Å². The molecule has 1 aliphatic rings. The average molecular weight is 293 g/mol. The standard InChI is InChI=1S/C15H20FN3O2/c1-3-19(4-2)14(20)10-21-13-6-5-11(9-12(13)16)15-17-7-8-18-15/h5-6,9H,3-4,7-8,10H2,1-2H3,(H,17,18). The van der Waals surface area contributed by atoms with E-state index >= 15 is 0 Å². The number of hydrogen-bond acceptors (Lipinski definition) is 4. The van der Waals surface area contributed by atoms with Crippen molar-refractivity contribution >= 4 is 11.7 Å². The van der Waals surface area contributed by atoms with E-state index in [-0.39, 0.29) is 18.3 Å². The molecule has 1 heterocycles. The minimum absolute atomic E-state index is 0.0813. The zero-order valence-corrected chi connectivity index (χ0v) is 12.4. The van der Waals surface area contributed by atoms with Crippen LogP contribution >= 0.6 is 0 Å². The van der Waals surface area contributed by atoms with E-state index in [0.717, 1.165) is 6.54 Å². The van der Waals surface area contributed by atoms with E-state index in [2.05, 4.69) is 10.3 Å². The summed E-state index contributed by atoms with van der Waals surface area (Å²) >= 11 is 0. The van der Waals surface area contributed by atoms with Crippen molar-refractivity contribution in [2.24, 2.45) is 4.99 Å². The number of amidine groups is 1. The Labute approximate surface area is 123 Å². The summed E-state index contributed by atoms with van der Waals surface area (Å²) in [6, 6.07) is 4.63. The molecule has 5 nitrogen and oxygen atoms in total. The molecule has 0 aromatic heterocycles. The van der Waals surface area contributed by atoms with Crippen molar-refractivity contribution < 1.29 is 13.9 Å². The first-order valence-electron chi connectivity index (χ1n) is 7.14. The van der Waals surface area contributed by atoms with Gasteiger partial charge in [0.25, 0.3) is 5.91 Å². The van der Waals surface area contributed by atoms with Crippen LogP contribution in [-0.2, 0) is 4.79 Å². The molecule has 1 amide bonds. The number of halogens is 1. The van der Waals surface area contributed by atoms with E-state index in [0.29, 0.717) is 31.0 Å². The molecule has 0 fully saturated rings. The number of hydrogen-bond donors (Lipinski definition) is 1. The summed E-state index contributed by atoms with van der Waals surface area (Å²) in [7, 11) is 0. The number of benzene rings is 1. The van der Waals surface area contributed by atoms with Gasteiger partial charge in [-0.1, -0.05) is 0 Å². The second kappa shape index (κ2) is 7.06. The van der Waals surface area contributed by atoms with Gasteiger partial charge in [0, 0.05) is 25.2 Å². The molecule has 1 N–H and O–H groups in total. The Morgan fingerprint density at radius 1 is 1.43 bits per heavy atom. The molecule has 0 bridgehead atoms. The van der Waals surface area contributed by atoms with Crippen LogP contribution in [0.25, 0.3) is 0 Å². The largest absolute Gasteiger partial charge is 0.481 e. The molecule has 114 valence electrons. The summed E-state index contributed by atoms with van der Waals surface area (Å²) in [5.41, 5.74) is 0.687. The number of rotatable bonds is 6. The number of aliphatic imine (C=N–C) groups is 1. The first-order valence-corrected chi connectivity index (χ1v) is 7.14. The van der Waals surface area contributed by atoms with Gasteiger partial charge in [0.15, 0.2) is 18.2 Å². The molecule has 1 aliphatic heterocycles. The molecule has 21 heavy (non-hydrogen) atoms. The highest BCUT2D eigenvalue weighted by molar-refractivity contribution is 5.99. The number of nitrogens with one attached hydrogen (secondary N) is 1. The van der Waals surface area contributed by atoms with E-state index in [1.54, 1.807) is 11.0 Å². The fourth-order valence-corrected chi connectivity index (χ4v) is 2.16. The van der Waals surface area contributed by atoms with Crippen LogP contribution in [-0.4, -0.2) is 49.4 Å². The lowest BCUT2D eigenvalue weighted by Gasteiger charge is -2.18. The van der Waals surface area contributed by atoms with E-state index in [1.807, 2.05) is 13.8 Å². The molecule has 1 aromatic carbocycles. The van der Waals surface area contributed by atoms with Crippen LogP contribution in [0.5, 0.6) is 5.75 Å². The Hall–Kier alpha value is -2.11. The fraction of sp³-hybridized carbons (Fsp3) is 0.467. The molecule has 0 saturated carbocycles. The van der Waals surface area contributed by atoms with Crippen molar-refractivity contribution in [3.8, 4) is 5.75 Å². The molecule has 0 aliphatic carbocycles. The Kier molecular flexibility index (Phi) is 5.14. The van der Waals surface area contributed by atoms with Crippen LogP contribution in [0.4, 0.5) is 4.39 Å². The fourth-order valence-electron chi connectivity index (χ4n) is 2.16. The van der Waals surface area contributed by atoms with Gasteiger partial charge in [0.2, 0.25) is 0 Å². The van der Waals surface area contributed by atoms with Gasteiger partial charge in [0.1, 0.15) is 5.84 Å². The van der Waals surface area contributed by atoms with E-state index in [4.69, 9.17) is 4.74 Å². The normalized spacial score (nSPS) is 13.6. The third kappa shape index (κ3) is 3.71. The van der Waals surface area contributed by atoms with Crippen molar-refractivity contribution in [2.45, 2.75) is 13.8 Å². The van der Waals surface area contributed by atoms with Gasteiger partial charge < -0.3 is 15.0 Å².